The SMILES string of the molecule is Cc1cc(OCCC2CCN(c3ccc(OC[C@H](O)CCn4cc([N+](=O)[O-])nc4Cl)cc3)CC2)ccc1Cl. The zero-order valence-electron chi connectivity index (χ0n) is 21.3. The fraction of sp³-hybridized carbons (Fsp3) is 0.444. The summed E-state index contributed by atoms with van der Waals surface area (Å²) in [6.07, 6.45) is 4.11. The van der Waals surface area contributed by atoms with E-state index >= 15 is 0 Å². The second kappa shape index (κ2) is 13.2. The first-order valence-corrected chi connectivity index (χ1v) is 13.5. The summed E-state index contributed by atoms with van der Waals surface area (Å²) in [5.41, 5.74) is 2.18. The molecule has 0 bridgehead atoms. The van der Waals surface area contributed by atoms with Crippen molar-refractivity contribution in [2.45, 2.75) is 45.3 Å². The summed E-state index contributed by atoms with van der Waals surface area (Å²) in [6.45, 7) is 5.09. The van der Waals surface area contributed by atoms with Gasteiger partial charge in [0.25, 0.3) is 0 Å². The molecule has 9 nitrogen and oxygen atoms in total. The lowest BCUT2D eigenvalue weighted by Crippen LogP contribution is -2.34. The van der Waals surface area contributed by atoms with Gasteiger partial charge in [0.2, 0.25) is 0 Å². The van der Waals surface area contributed by atoms with Gasteiger partial charge < -0.3 is 29.6 Å². The van der Waals surface area contributed by atoms with Crippen LogP contribution in [0, 0.1) is 23.0 Å². The van der Waals surface area contributed by atoms with Gasteiger partial charge in [0, 0.05) is 30.3 Å². The number of piperidine rings is 1. The maximum atomic E-state index is 10.8. The lowest BCUT2D eigenvalue weighted by molar-refractivity contribution is -0.389. The summed E-state index contributed by atoms with van der Waals surface area (Å²) >= 11 is 12.0. The van der Waals surface area contributed by atoms with Gasteiger partial charge in [-0.15, -0.1) is 0 Å². The zero-order valence-corrected chi connectivity index (χ0v) is 22.8. The molecule has 4 rings (SSSR count). The van der Waals surface area contributed by atoms with Crippen molar-refractivity contribution in [2.75, 3.05) is 31.2 Å². The molecule has 1 atom stereocenters. The molecule has 0 spiro atoms. The summed E-state index contributed by atoms with van der Waals surface area (Å²) < 4.78 is 13.1. The fourth-order valence-electron chi connectivity index (χ4n) is 4.47. The Morgan fingerprint density at radius 3 is 2.50 bits per heavy atom. The van der Waals surface area contributed by atoms with Crippen molar-refractivity contribution in [1.29, 1.82) is 0 Å². The van der Waals surface area contributed by atoms with E-state index in [-0.39, 0.29) is 17.7 Å². The number of aliphatic hydroxyl groups is 1. The summed E-state index contributed by atoms with van der Waals surface area (Å²) in [6, 6.07) is 13.7. The quantitative estimate of drug-likeness (QED) is 0.216. The van der Waals surface area contributed by atoms with Crippen molar-refractivity contribution in [3.8, 4) is 11.5 Å². The molecule has 1 aromatic heterocycles. The first kappa shape index (κ1) is 28.0. The Kier molecular flexibility index (Phi) is 9.71. The first-order chi connectivity index (χ1) is 18.3. The van der Waals surface area contributed by atoms with Gasteiger partial charge in [0.1, 0.15) is 24.3 Å². The van der Waals surface area contributed by atoms with Gasteiger partial charge in [-0.05, 0) is 108 Å². The molecule has 0 amide bonds. The molecule has 1 saturated heterocycles. The first-order valence-electron chi connectivity index (χ1n) is 12.7. The van der Waals surface area contributed by atoms with E-state index in [1.54, 1.807) is 0 Å². The number of rotatable bonds is 12. The van der Waals surface area contributed by atoms with Crippen LogP contribution in [-0.2, 0) is 6.54 Å². The number of anilines is 1. The van der Waals surface area contributed by atoms with Crippen LogP contribution in [0.2, 0.25) is 10.3 Å². The zero-order chi connectivity index (χ0) is 27.1. The van der Waals surface area contributed by atoms with Gasteiger partial charge in [-0.25, -0.2) is 0 Å². The normalized spacial score (nSPS) is 14.9. The number of ether oxygens (including phenoxy) is 2. The topological polar surface area (TPSA) is 103 Å². The number of halogens is 2. The van der Waals surface area contributed by atoms with Gasteiger partial charge in [-0.1, -0.05) is 11.6 Å². The van der Waals surface area contributed by atoms with Crippen LogP contribution in [0.4, 0.5) is 11.5 Å². The van der Waals surface area contributed by atoms with E-state index in [0.717, 1.165) is 54.4 Å². The Morgan fingerprint density at radius 1 is 1.13 bits per heavy atom. The van der Waals surface area contributed by atoms with E-state index in [4.69, 9.17) is 32.7 Å². The summed E-state index contributed by atoms with van der Waals surface area (Å²) in [7, 11) is 0. The average Bonchev–Trinajstić information content (AvgIpc) is 3.30. The Balaban J connectivity index is 1.14. The molecule has 2 aromatic carbocycles. The molecular formula is C27H32Cl2N4O5. The van der Waals surface area contributed by atoms with Gasteiger partial charge in [-0.2, -0.15) is 0 Å². The molecule has 3 aromatic rings. The predicted molar refractivity (Wildman–Crippen MR) is 148 cm³/mol. The van der Waals surface area contributed by atoms with Gasteiger partial charge >= 0.3 is 11.1 Å². The number of hydrogen-bond donors (Lipinski definition) is 1. The third kappa shape index (κ3) is 7.75. The van der Waals surface area contributed by atoms with E-state index in [1.165, 1.54) is 10.8 Å². The predicted octanol–water partition coefficient (Wildman–Crippen LogP) is 5.92. The van der Waals surface area contributed by atoms with E-state index < -0.39 is 11.0 Å². The lowest BCUT2D eigenvalue weighted by Gasteiger charge is -2.33. The number of nitrogens with zero attached hydrogens (tertiary/aromatic N) is 4. The molecule has 1 fully saturated rings. The fourth-order valence-corrected chi connectivity index (χ4v) is 4.81. The summed E-state index contributed by atoms with van der Waals surface area (Å²) in [5, 5.41) is 21.8. The van der Waals surface area contributed by atoms with Crippen molar-refractivity contribution >= 4 is 34.7 Å². The Bertz CT molecular complexity index is 1210. The minimum atomic E-state index is -0.751. The van der Waals surface area contributed by atoms with Crippen LogP contribution in [0.5, 0.6) is 11.5 Å². The minimum absolute atomic E-state index is 0.0192. The molecule has 0 unspecified atom stereocenters. The third-order valence-corrected chi connectivity index (χ3v) is 7.51. The number of benzene rings is 2. The lowest BCUT2D eigenvalue weighted by atomic mass is 9.93. The molecular weight excluding hydrogens is 531 g/mol. The highest BCUT2D eigenvalue weighted by atomic mass is 35.5. The average molecular weight is 563 g/mol. The van der Waals surface area contributed by atoms with Crippen LogP contribution >= 0.6 is 23.2 Å². The summed E-state index contributed by atoms with van der Waals surface area (Å²) in [4.78, 5) is 16.2. The highest BCUT2D eigenvalue weighted by molar-refractivity contribution is 6.31. The van der Waals surface area contributed by atoms with Crippen LogP contribution < -0.4 is 14.4 Å². The molecule has 1 aliphatic rings. The molecule has 0 saturated carbocycles. The molecule has 11 heteroatoms. The minimum Gasteiger partial charge on any atom is -0.494 e. The summed E-state index contributed by atoms with van der Waals surface area (Å²) in [5.74, 6) is 1.87. The Labute approximate surface area is 232 Å². The van der Waals surface area contributed by atoms with Crippen LogP contribution in [0.25, 0.3) is 0 Å². The standard InChI is InChI=1S/C27H32Cl2N4O5/c1-19-16-24(6-7-25(19)28)37-15-11-20-8-12-31(13-9-20)21-2-4-23(5-3-21)38-18-22(34)10-14-32-17-26(33(35)36)30-27(32)29/h2-7,16-17,20,22,34H,8-15,18H2,1H3/t22-/m1/s1. The number of nitro groups is 1. The van der Waals surface area contributed by atoms with Gasteiger partial charge in [-0.3, -0.25) is 4.57 Å². The highest BCUT2D eigenvalue weighted by Crippen LogP contribution is 2.28. The van der Waals surface area contributed by atoms with Crippen molar-refractivity contribution in [1.82, 2.24) is 9.55 Å². The molecule has 2 heterocycles. The number of hydrogen-bond acceptors (Lipinski definition) is 7. The van der Waals surface area contributed by atoms with Gasteiger partial charge in [0.15, 0.2) is 0 Å². The monoisotopic (exact) mass is 562 g/mol. The van der Waals surface area contributed by atoms with E-state index in [1.807, 2.05) is 49.4 Å². The second-order valence-electron chi connectivity index (χ2n) is 9.54. The number of imidazole rings is 1. The van der Waals surface area contributed by atoms with E-state index in [0.29, 0.717) is 31.2 Å². The Morgan fingerprint density at radius 2 is 1.84 bits per heavy atom. The van der Waals surface area contributed by atoms with Crippen LogP contribution in [0.15, 0.2) is 48.7 Å². The smallest absolute Gasteiger partial charge is 0.383 e. The van der Waals surface area contributed by atoms with Gasteiger partial charge in [0.05, 0.1) is 12.7 Å². The molecule has 204 valence electrons. The molecule has 0 aliphatic carbocycles. The molecule has 1 aliphatic heterocycles. The highest BCUT2D eigenvalue weighted by Gasteiger charge is 2.20. The van der Waals surface area contributed by atoms with Crippen LogP contribution in [0.1, 0.15) is 31.2 Å². The number of aryl methyl sites for hydroxylation is 2. The van der Waals surface area contributed by atoms with Crippen molar-refractivity contribution < 1.29 is 19.5 Å². The third-order valence-electron chi connectivity index (χ3n) is 6.79. The largest absolute Gasteiger partial charge is 0.494 e. The van der Waals surface area contributed by atoms with E-state index in [9.17, 15) is 15.2 Å². The Hall–Kier alpha value is -3.01. The van der Waals surface area contributed by atoms with E-state index in [2.05, 4.69) is 9.88 Å². The molecule has 1 N–H and O–H groups in total. The number of aliphatic hydroxyl groups excluding tert-OH is 1. The molecule has 38 heavy (non-hydrogen) atoms. The van der Waals surface area contributed by atoms with Crippen molar-refractivity contribution in [2.24, 2.45) is 5.92 Å². The second-order valence-corrected chi connectivity index (χ2v) is 10.3. The van der Waals surface area contributed by atoms with Crippen LogP contribution in [0.3, 0.4) is 0 Å². The van der Waals surface area contributed by atoms with Crippen LogP contribution in [-0.4, -0.2) is 52.0 Å². The van der Waals surface area contributed by atoms with Crippen molar-refractivity contribution in [3.05, 3.63) is 74.6 Å². The maximum Gasteiger partial charge on any atom is 0.383 e. The van der Waals surface area contributed by atoms with Crippen molar-refractivity contribution in [3.63, 3.8) is 0 Å². The number of aromatic nitrogens is 2. The maximum absolute atomic E-state index is 10.8. The molecule has 0 radical (unpaired) electrons.